The maximum atomic E-state index is 12.4. The number of hydrogen-bond acceptors (Lipinski definition) is 3. The van der Waals surface area contributed by atoms with Crippen LogP contribution in [-0.2, 0) is 0 Å². The van der Waals surface area contributed by atoms with Crippen molar-refractivity contribution in [3.05, 3.63) is 34.7 Å². The Morgan fingerprint density at radius 2 is 2.00 bits per heavy atom. The second-order valence-electron chi connectivity index (χ2n) is 5.94. The normalized spacial score (nSPS) is 22.4. The molecule has 1 fully saturated rings. The lowest BCUT2D eigenvalue weighted by Gasteiger charge is -2.25. The second-order valence-corrected chi connectivity index (χ2v) is 6.99. The SMILES string of the molecule is Cc1c(C(=O)NCC2CCC(O)CC2)sc2ccccc12. The molecule has 0 radical (unpaired) electrons. The Bertz CT molecular complexity index is 641. The number of hydrogen-bond donors (Lipinski definition) is 2. The molecule has 1 aliphatic rings. The Balaban J connectivity index is 1.65. The van der Waals surface area contributed by atoms with E-state index in [-0.39, 0.29) is 12.0 Å². The topological polar surface area (TPSA) is 49.3 Å². The highest BCUT2D eigenvalue weighted by Gasteiger charge is 2.21. The van der Waals surface area contributed by atoms with E-state index in [1.807, 2.05) is 19.1 Å². The zero-order chi connectivity index (χ0) is 14.8. The van der Waals surface area contributed by atoms with Crippen molar-refractivity contribution in [1.82, 2.24) is 5.32 Å². The van der Waals surface area contributed by atoms with Crippen LogP contribution >= 0.6 is 11.3 Å². The fourth-order valence-corrected chi connectivity index (χ4v) is 4.18. The molecule has 3 rings (SSSR count). The molecular weight excluding hydrogens is 282 g/mol. The molecule has 1 aromatic carbocycles. The number of aryl methyl sites for hydroxylation is 1. The van der Waals surface area contributed by atoms with Crippen molar-refractivity contribution >= 4 is 27.3 Å². The minimum atomic E-state index is -0.137. The average molecular weight is 303 g/mol. The molecule has 0 spiro atoms. The van der Waals surface area contributed by atoms with Gasteiger partial charge in [-0.25, -0.2) is 0 Å². The number of nitrogens with one attached hydrogen (secondary N) is 1. The van der Waals surface area contributed by atoms with Crippen LogP contribution in [0.15, 0.2) is 24.3 Å². The number of rotatable bonds is 3. The van der Waals surface area contributed by atoms with E-state index < -0.39 is 0 Å². The number of amides is 1. The van der Waals surface area contributed by atoms with Crippen LogP contribution in [0.3, 0.4) is 0 Å². The van der Waals surface area contributed by atoms with Gasteiger partial charge in [0.25, 0.3) is 5.91 Å². The zero-order valence-electron chi connectivity index (χ0n) is 12.3. The Labute approximate surface area is 129 Å². The molecule has 1 aromatic heterocycles. The van der Waals surface area contributed by atoms with Gasteiger partial charge in [0.2, 0.25) is 0 Å². The molecule has 0 bridgehead atoms. The van der Waals surface area contributed by atoms with Crippen LogP contribution < -0.4 is 5.32 Å². The van der Waals surface area contributed by atoms with Crippen molar-refractivity contribution in [3.63, 3.8) is 0 Å². The van der Waals surface area contributed by atoms with Gasteiger partial charge in [-0.3, -0.25) is 4.79 Å². The lowest BCUT2D eigenvalue weighted by Crippen LogP contribution is -2.32. The van der Waals surface area contributed by atoms with Crippen molar-refractivity contribution < 1.29 is 9.90 Å². The molecule has 1 amide bonds. The molecule has 1 saturated carbocycles. The first-order valence-electron chi connectivity index (χ1n) is 7.59. The van der Waals surface area contributed by atoms with Gasteiger partial charge in [0.05, 0.1) is 11.0 Å². The van der Waals surface area contributed by atoms with Gasteiger partial charge < -0.3 is 10.4 Å². The van der Waals surface area contributed by atoms with Crippen molar-refractivity contribution in [3.8, 4) is 0 Å². The molecule has 0 atom stereocenters. The summed E-state index contributed by atoms with van der Waals surface area (Å²) in [6.45, 7) is 2.74. The lowest BCUT2D eigenvalue weighted by atomic mass is 9.87. The fourth-order valence-electron chi connectivity index (χ4n) is 3.06. The van der Waals surface area contributed by atoms with Gasteiger partial charge in [-0.05, 0) is 55.5 Å². The molecule has 0 aliphatic heterocycles. The molecule has 112 valence electrons. The van der Waals surface area contributed by atoms with Crippen molar-refractivity contribution in [2.24, 2.45) is 5.92 Å². The third kappa shape index (κ3) is 3.11. The quantitative estimate of drug-likeness (QED) is 0.912. The predicted octanol–water partition coefficient (Wildman–Crippen LogP) is 3.49. The standard InChI is InChI=1S/C17H21NO2S/c1-11-14-4-2-3-5-15(14)21-16(11)17(20)18-10-12-6-8-13(19)9-7-12/h2-5,12-13,19H,6-10H2,1H3,(H,18,20). The summed E-state index contributed by atoms with van der Waals surface area (Å²) in [6.07, 6.45) is 3.60. The summed E-state index contributed by atoms with van der Waals surface area (Å²) in [5.74, 6) is 0.548. The number of aliphatic hydroxyl groups is 1. The molecule has 21 heavy (non-hydrogen) atoms. The summed E-state index contributed by atoms with van der Waals surface area (Å²) in [4.78, 5) is 13.2. The van der Waals surface area contributed by atoms with E-state index in [1.165, 1.54) is 10.1 Å². The fraction of sp³-hybridized carbons (Fsp3) is 0.471. The monoisotopic (exact) mass is 303 g/mol. The summed E-state index contributed by atoms with van der Waals surface area (Å²) >= 11 is 1.57. The largest absolute Gasteiger partial charge is 0.393 e. The van der Waals surface area contributed by atoms with Gasteiger partial charge in [-0.15, -0.1) is 11.3 Å². The zero-order valence-corrected chi connectivity index (χ0v) is 13.1. The highest BCUT2D eigenvalue weighted by molar-refractivity contribution is 7.21. The molecule has 2 aromatic rings. The molecule has 0 saturated heterocycles. The van der Waals surface area contributed by atoms with Crippen LogP contribution in [0, 0.1) is 12.8 Å². The molecule has 3 nitrogen and oxygen atoms in total. The number of carbonyl (C=O) groups is 1. The molecule has 4 heteroatoms. The van der Waals surface area contributed by atoms with E-state index in [1.54, 1.807) is 11.3 Å². The number of thiophene rings is 1. The Morgan fingerprint density at radius 1 is 1.29 bits per heavy atom. The van der Waals surface area contributed by atoms with Gasteiger partial charge in [-0.2, -0.15) is 0 Å². The van der Waals surface area contributed by atoms with Gasteiger partial charge in [0.1, 0.15) is 0 Å². The second kappa shape index (κ2) is 6.16. The number of benzene rings is 1. The van der Waals surface area contributed by atoms with Crippen LogP contribution in [-0.4, -0.2) is 23.7 Å². The van der Waals surface area contributed by atoms with Crippen LogP contribution in [0.2, 0.25) is 0 Å². The summed E-state index contributed by atoms with van der Waals surface area (Å²) in [5, 5.41) is 13.8. The van der Waals surface area contributed by atoms with E-state index in [2.05, 4.69) is 17.4 Å². The third-order valence-corrected chi connectivity index (χ3v) is 5.69. The number of carbonyl (C=O) groups excluding carboxylic acids is 1. The van der Waals surface area contributed by atoms with Crippen LogP contribution in [0.25, 0.3) is 10.1 Å². The first kappa shape index (κ1) is 14.5. The highest BCUT2D eigenvalue weighted by Crippen LogP contribution is 2.30. The summed E-state index contributed by atoms with van der Waals surface area (Å²) < 4.78 is 1.17. The average Bonchev–Trinajstić information content (AvgIpc) is 2.84. The predicted molar refractivity (Wildman–Crippen MR) is 86.9 cm³/mol. The summed E-state index contributed by atoms with van der Waals surface area (Å²) in [7, 11) is 0. The van der Waals surface area contributed by atoms with Crippen LogP contribution in [0.1, 0.15) is 40.9 Å². The van der Waals surface area contributed by atoms with Crippen molar-refractivity contribution in [1.29, 1.82) is 0 Å². The third-order valence-electron chi connectivity index (χ3n) is 4.42. The lowest BCUT2D eigenvalue weighted by molar-refractivity contribution is 0.0913. The van der Waals surface area contributed by atoms with E-state index in [0.29, 0.717) is 5.92 Å². The van der Waals surface area contributed by atoms with Crippen molar-refractivity contribution in [2.45, 2.75) is 38.7 Å². The first-order valence-corrected chi connectivity index (χ1v) is 8.41. The van der Waals surface area contributed by atoms with Crippen molar-refractivity contribution in [2.75, 3.05) is 6.54 Å². The van der Waals surface area contributed by atoms with Gasteiger partial charge in [-0.1, -0.05) is 18.2 Å². The van der Waals surface area contributed by atoms with Crippen LogP contribution in [0.4, 0.5) is 0 Å². The van der Waals surface area contributed by atoms with E-state index in [9.17, 15) is 9.90 Å². The molecular formula is C17H21NO2S. The Hall–Kier alpha value is -1.39. The summed E-state index contributed by atoms with van der Waals surface area (Å²) in [6, 6.07) is 8.15. The Morgan fingerprint density at radius 3 is 2.71 bits per heavy atom. The van der Waals surface area contributed by atoms with E-state index in [4.69, 9.17) is 0 Å². The summed E-state index contributed by atoms with van der Waals surface area (Å²) in [5.41, 5.74) is 1.08. The smallest absolute Gasteiger partial charge is 0.261 e. The van der Waals surface area contributed by atoms with Crippen LogP contribution in [0.5, 0.6) is 0 Å². The minimum absolute atomic E-state index is 0.0415. The number of fused-ring (bicyclic) bond motifs is 1. The Kier molecular flexibility index (Phi) is 4.27. The molecule has 0 unspecified atom stereocenters. The van der Waals surface area contributed by atoms with E-state index in [0.717, 1.165) is 42.7 Å². The molecule has 1 aliphatic carbocycles. The minimum Gasteiger partial charge on any atom is -0.393 e. The van der Waals surface area contributed by atoms with Gasteiger partial charge >= 0.3 is 0 Å². The maximum Gasteiger partial charge on any atom is 0.261 e. The van der Waals surface area contributed by atoms with Gasteiger partial charge in [0, 0.05) is 11.2 Å². The highest BCUT2D eigenvalue weighted by atomic mass is 32.1. The molecule has 2 N–H and O–H groups in total. The number of aliphatic hydroxyl groups excluding tert-OH is 1. The molecule has 1 heterocycles. The first-order chi connectivity index (χ1) is 10.1. The van der Waals surface area contributed by atoms with Gasteiger partial charge in [0.15, 0.2) is 0 Å². The van der Waals surface area contributed by atoms with E-state index >= 15 is 0 Å². The maximum absolute atomic E-state index is 12.4.